The third-order valence-electron chi connectivity index (χ3n) is 3.36. The zero-order valence-corrected chi connectivity index (χ0v) is 13.3. The lowest BCUT2D eigenvalue weighted by atomic mass is 10.1. The van der Waals surface area contributed by atoms with Gasteiger partial charge in [0, 0.05) is 17.8 Å². The lowest BCUT2D eigenvalue weighted by Crippen LogP contribution is -2.20. The van der Waals surface area contributed by atoms with Crippen LogP contribution in [0, 0.1) is 11.6 Å². The van der Waals surface area contributed by atoms with Crippen molar-refractivity contribution < 1.29 is 23.0 Å². The van der Waals surface area contributed by atoms with Gasteiger partial charge < -0.3 is 20.5 Å². The number of nitrogens with two attached hydrogens (primary N) is 1. The summed E-state index contributed by atoms with van der Waals surface area (Å²) < 4.78 is 36.8. The molecule has 0 aromatic heterocycles. The number of hydrogen-bond donors (Lipinski definition) is 2. The van der Waals surface area contributed by atoms with Gasteiger partial charge >= 0.3 is 0 Å². The molecule has 0 aliphatic carbocycles. The SMILES string of the molecule is COc1ccc(N[C@@H](C)c2ccc(F)c(F)c2)cc1OCC(N)=O. The van der Waals surface area contributed by atoms with Gasteiger partial charge in [0.15, 0.2) is 29.7 Å². The van der Waals surface area contributed by atoms with E-state index < -0.39 is 17.5 Å². The molecule has 0 saturated carbocycles. The van der Waals surface area contributed by atoms with Crippen LogP contribution < -0.4 is 20.5 Å². The third kappa shape index (κ3) is 4.34. The molecule has 1 atom stereocenters. The molecule has 0 saturated heterocycles. The normalized spacial score (nSPS) is 11.7. The average molecular weight is 336 g/mol. The van der Waals surface area contributed by atoms with Crippen LogP contribution in [0.3, 0.4) is 0 Å². The Bertz CT molecular complexity index is 738. The topological polar surface area (TPSA) is 73.6 Å². The molecule has 0 unspecified atom stereocenters. The standard InChI is InChI=1S/C17H18F2N2O3/c1-10(11-3-5-13(18)14(19)7-11)21-12-4-6-15(23-2)16(8-12)24-9-17(20)22/h3-8,10,21H,9H2,1-2H3,(H2,20,22)/t10-/m0/s1. The molecular formula is C17H18F2N2O3. The van der Waals surface area contributed by atoms with Crippen LogP contribution in [0.2, 0.25) is 0 Å². The van der Waals surface area contributed by atoms with Crippen LogP contribution in [-0.2, 0) is 4.79 Å². The second kappa shape index (κ2) is 7.63. The maximum Gasteiger partial charge on any atom is 0.255 e. The highest BCUT2D eigenvalue weighted by atomic mass is 19.2. The molecule has 128 valence electrons. The summed E-state index contributed by atoms with van der Waals surface area (Å²) in [4.78, 5) is 10.9. The predicted molar refractivity (Wildman–Crippen MR) is 86.1 cm³/mol. The molecule has 0 aliphatic heterocycles. The molecule has 24 heavy (non-hydrogen) atoms. The van der Waals surface area contributed by atoms with Gasteiger partial charge in [-0.1, -0.05) is 6.07 Å². The van der Waals surface area contributed by atoms with E-state index in [2.05, 4.69) is 5.32 Å². The first-order chi connectivity index (χ1) is 11.4. The van der Waals surface area contributed by atoms with E-state index in [0.29, 0.717) is 22.7 Å². The van der Waals surface area contributed by atoms with Crippen molar-refractivity contribution in [3.05, 3.63) is 53.6 Å². The number of nitrogens with one attached hydrogen (secondary N) is 1. The number of benzene rings is 2. The van der Waals surface area contributed by atoms with Gasteiger partial charge in [-0.2, -0.15) is 0 Å². The maximum atomic E-state index is 13.3. The van der Waals surface area contributed by atoms with Gasteiger partial charge in [0.2, 0.25) is 0 Å². The Morgan fingerprint density at radius 2 is 1.92 bits per heavy atom. The minimum absolute atomic E-state index is 0.279. The largest absolute Gasteiger partial charge is 0.493 e. The van der Waals surface area contributed by atoms with Gasteiger partial charge in [-0.15, -0.1) is 0 Å². The summed E-state index contributed by atoms with van der Waals surface area (Å²) >= 11 is 0. The van der Waals surface area contributed by atoms with Gasteiger partial charge in [0.1, 0.15) is 0 Å². The molecule has 2 rings (SSSR count). The second-order valence-electron chi connectivity index (χ2n) is 5.16. The molecule has 0 aliphatic rings. The maximum absolute atomic E-state index is 13.3. The van der Waals surface area contributed by atoms with Crippen molar-refractivity contribution in [2.45, 2.75) is 13.0 Å². The summed E-state index contributed by atoms with van der Waals surface area (Å²) in [5.74, 6) is -1.61. The fraction of sp³-hybridized carbons (Fsp3) is 0.235. The van der Waals surface area contributed by atoms with Crippen molar-refractivity contribution in [1.82, 2.24) is 0 Å². The highest BCUT2D eigenvalue weighted by Gasteiger charge is 2.12. The Hall–Kier alpha value is -2.83. The predicted octanol–water partition coefficient (Wildman–Crippen LogP) is 3.01. The van der Waals surface area contributed by atoms with Crippen LogP contribution in [0.1, 0.15) is 18.5 Å². The number of carbonyl (C=O) groups excluding carboxylic acids is 1. The van der Waals surface area contributed by atoms with Gasteiger partial charge in [0.25, 0.3) is 5.91 Å². The molecule has 7 heteroatoms. The number of methoxy groups -OCH3 is 1. The van der Waals surface area contributed by atoms with Crippen molar-refractivity contribution in [1.29, 1.82) is 0 Å². The number of carbonyl (C=O) groups is 1. The van der Waals surface area contributed by atoms with E-state index in [9.17, 15) is 13.6 Å². The van der Waals surface area contributed by atoms with Crippen LogP contribution in [0.5, 0.6) is 11.5 Å². The van der Waals surface area contributed by atoms with E-state index in [4.69, 9.17) is 15.2 Å². The molecule has 2 aromatic rings. The first kappa shape index (κ1) is 17.5. The summed E-state index contributed by atoms with van der Waals surface area (Å²) in [7, 11) is 1.48. The first-order valence-corrected chi connectivity index (χ1v) is 7.21. The van der Waals surface area contributed by atoms with Crippen LogP contribution >= 0.6 is 0 Å². The van der Waals surface area contributed by atoms with Crippen molar-refractivity contribution in [2.75, 3.05) is 19.0 Å². The fourth-order valence-electron chi connectivity index (χ4n) is 2.14. The van der Waals surface area contributed by atoms with E-state index in [-0.39, 0.29) is 12.6 Å². The first-order valence-electron chi connectivity index (χ1n) is 7.21. The van der Waals surface area contributed by atoms with Crippen molar-refractivity contribution in [3.63, 3.8) is 0 Å². The van der Waals surface area contributed by atoms with Gasteiger partial charge in [-0.05, 0) is 36.8 Å². The van der Waals surface area contributed by atoms with Crippen LogP contribution in [0.4, 0.5) is 14.5 Å². The van der Waals surface area contributed by atoms with E-state index in [1.807, 2.05) is 0 Å². The molecule has 0 spiro atoms. The highest BCUT2D eigenvalue weighted by molar-refractivity contribution is 5.75. The molecule has 5 nitrogen and oxygen atoms in total. The lowest BCUT2D eigenvalue weighted by molar-refractivity contribution is -0.119. The minimum atomic E-state index is -0.902. The number of halogens is 2. The van der Waals surface area contributed by atoms with Gasteiger partial charge in [0.05, 0.1) is 7.11 Å². The quantitative estimate of drug-likeness (QED) is 0.815. The summed E-state index contributed by atoms with van der Waals surface area (Å²) in [6.07, 6.45) is 0. The zero-order valence-electron chi connectivity index (χ0n) is 13.3. The zero-order chi connectivity index (χ0) is 17.7. The molecule has 0 fully saturated rings. The molecule has 2 aromatic carbocycles. The van der Waals surface area contributed by atoms with Crippen LogP contribution in [0.25, 0.3) is 0 Å². The average Bonchev–Trinajstić information content (AvgIpc) is 2.55. The highest BCUT2D eigenvalue weighted by Crippen LogP contribution is 2.31. The number of rotatable bonds is 7. The molecule has 3 N–H and O–H groups in total. The van der Waals surface area contributed by atoms with Crippen LogP contribution in [0.15, 0.2) is 36.4 Å². The van der Waals surface area contributed by atoms with Crippen molar-refractivity contribution in [3.8, 4) is 11.5 Å². The Morgan fingerprint density at radius 1 is 1.17 bits per heavy atom. The Morgan fingerprint density at radius 3 is 2.54 bits per heavy atom. The number of amides is 1. The molecule has 0 radical (unpaired) electrons. The van der Waals surface area contributed by atoms with Crippen LogP contribution in [-0.4, -0.2) is 19.6 Å². The smallest absolute Gasteiger partial charge is 0.255 e. The molecule has 0 bridgehead atoms. The molecule has 1 amide bonds. The monoisotopic (exact) mass is 336 g/mol. The van der Waals surface area contributed by atoms with E-state index in [1.165, 1.54) is 13.2 Å². The van der Waals surface area contributed by atoms with Crippen molar-refractivity contribution in [2.24, 2.45) is 5.73 Å². The summed E-state index contributed by atoms with van der Waals surface area (Å²) in [5, 5.41) is 3.14. The van der Waals surface area contributed by atoms with E-state index in [1.54, 1.807) is 25.1 Å². The third-order valence-corrected chi connectivity index (χ3v) is 3.36. The van der Waals surface area contributed by atoms with Gasteiger partial charge in [-0.3, -0.25) is 4.79 Å². The number of primary amides is 1. The van der Waals surface area contributed by atoms with Gasteiger partial charge in [-0.25, -0.2) is 8.78 Å². The lowest BCUT2D eigenvalue weighted by Gasteiger charge is -2.18. The Labute approximate surface area is 138 Å². The Kier molecular flexibility index (Phi) is 5.57. The second-order valence-corrected chi connectivity index (χ2v) is 5.16. The molecule has 0 heterocycles. The molecular weight excluding hydrogens is 318 g/mol. The Balaban J connectivity index is 2.17. The summed E-state index contributed by atoms with van der Waals surface area (Å²) in [6, 6.07) is 8.49. The van der Waals surface area contributed by atoms with E-state index in [0.717, 1.165) is 12.1 Å². The fourth-order valence-corrected chi connectivity index (χ4v) is 2.14. The number of anilines is 1. The summed E-state index contributed by atoms with van der Waals surface area (Å²) in [5.41, 5.74) is 6.31. The summed E-state index contributed by atoms with van der Waals surface area (Å²) in [6.45, 7) is 1.53. The number of hydrogen-bond acceptors (Lipinski definition) is 4. The van der Waals surface area contributed by atoms with E-state index >= 15 is 0 Å². The minimum Gasteiger partial charge on any atom is -0.493 e. The number of ether oxygens (including phenoxy) is 2. The van der Waals surface area contributed by atoms with Crippen molar-refractivity contribution >= 4 is 11.6 Å².